The molecular weight excluding hydrogens is 460 g/mol. The average molecular weight is 490 g/mol. The molecule has 0 heterocycles. The first-order chi connectivity index (χ1) is 14.1. The van der Waals surface area contributed by atoms with Crippen molar-refractivity contribution in [2.75, 3.05) is 0 Å². The maximum Gasteiger partial charge on any atom is 0.436 e. The number of hydrogen-bond acceptors (Lipinski definition) is 5. The highest BCUT2D eigenvalue weighted by molar-refractivity contribution is 7.99. The molecule has 2 rings (SSSR count). The fraction of sp³-hybridized carbons (Fsp3) is 0.455. The second-order valence-corrected chi connectivity index (χ2v) is 11.9. The topological polar surface area (TPSA) is 58.9 Å². The van der Waals surface area contributed by atoms with Crippen LogP contribution < -0.4 is 9.05 Å². The lowest BCUT2D eigenvalue weighted by atomic mass is 9.85. The minimum absolute atomic E-state index is 0.246. The molecule has 0 aliphatic rings. The molecule has 0 aromatic heterocycles. The third kappa shape index (κ3) is 7.00. The second kappa shape index (κ2) is 9.89. The van der Waals surface area contributed by atoms with Gasteiger partial charge in [0.1, 0.15) is 11.5 Å². The van der Waals surface area contributed by atoms with Crippen LogP contribution in [-0.4, -0.2) is 9.79 Å². The van der Waals surface area contributed by atoms with Gasteiger partial charge in [-0.2, -0.15) is 0 Å². The van der Waals surface area contributed by atoms with Gasteiger partial charge in [0.2, 0.25) is 0 Å². The molecule has 2 atom stereocenters. The second-order valence-electron chi connectivity index (χ2n) is 9.52. The molecule has 0 saturated heterocycles. The highest BCUT2D eigenvalue weighted by Gasteiger charge is 2.28. The third-order valence-corrected chi connectivity index (χ3v) is 6.28. The Morgan fingerprint density at radius 3 is 1.29 bits per heavy atom. The maximum atomic E-state index is 13.6. The SMILES string of the molecule is Cc1cc(Sc2cc(C)cc(C(C)(C)C)c2OP(O)F)c(OP(O)F)c(C(C)(C)C)c1. The molecule has 0 aliphatic carbocycles. The van der Waals surface area contributed by atoms with Crippen molar-refractivity contribution in [1.29, 1.82) is 0 Å². The predicted molar refractivity (Wildman–Crippen MR) is 126 cm³/mol. The smallest absolute Gasteiger partial charge is 0.422 e. The molecule has 0 radical (unpaired) electrons. The Morgan fingerprint density at radius 2 is 1.03 bits per heavy atom. The molecule has 9 heteroatoms. The lowest BCUT2D eigenvalue weighted by Gasteiger charge is -2.27. The summed E-state index contributed by atoms with van der Waals surface area (Å²) in [4.78, 5) is 19.9. The molecule has 0 bridgehead atoms. The van der Waals surface area contributed by atoms with Crippen LogP contribution in [0, 0.1) is 13.8 Å². The van der Waals surface area contributed by atoms with E-state index in [1.807, 2.05) is 79.7 Å². The lowest BCUT2D eigenvalue weighted by Crippen LogP contribution is -2.14. The van der Waals surface area contributed by atoms with E-state index in [9.17, 15) is 18.2 Å². The van der Waals surface area contributed by atoms with E-state index in [0.717, 1.165) is 22.3 Å². The van der Waals surface area contributed by atoms with Gasteiger partial charge in [0.05, 0.1) is 9.79 Å². The molecule has 2 aromatic rings. The van der Waals surface area contributed by atoms with Crippen molar-refractivity contribution in [3.8, 4) is 11.5 Å². The van der Waals surface area contributed by atoms with Gasteiger partial charge in [-0.25, -0.2) is 0 Å². The molecule has 4 nitrogen and oxygen atoms in total. The summed E-state index contributed by atoms with van der Waals surface area (Å²) < 4.78 is 37.7. The van der Waals surface area contributed by atoms with Gasteiger partial charge in [-0.15, -0.1) is 8.39 Å². The lowest BCUT2D eigenvalue weighted by molar-refractivity contribution is 0.417. The van der Waals surface area contributed by atoms with Crippen LogP contribution in [0.3, 0.4) is 0 Å². The van der Waals surface area contributed by atoms with E-state index in [2.05, 4.69) is 0 Å². The van der Waals surface area contributed by atoms with Gasteiger partial charge >= 0.3 is 17.4 Å². The summed E-state index contributed by atoms with van der Waals surface area (Å²) in [7, 11) is -6.27. The molecule has 0 spiro atoms. The van der Waals surface area contributed by atoms with Gasteiger partial charge < -0.3 is 18.8 Å². The molecule has 2 unspecified atom stereocenters. The highest BCUT2D eigenvalue weighted by Crippen LogP contribution is 2.52. The van der Waals surface area contributed by atoms with E-state index < -0.39 is 17.4 Å². The summed E-state index contributed by atoms with van der Waals surface area (Å²) in [5, 5.41) is 0. The molecule has 172 valence electrons. The molecule has 0 aliphatic heterocycles. The molecular formula is C22H30F2O4P2S. The maximum absolute atomic E-state index is 13.6. The first-order valence-corrected chi connectivity index (χ1v) is 12.8. The van der Waals surface area contributed by atoms with Crippen molar-refractivity contribution in [1.82, 2.24) is 0 Å². The quantitative estimate of drug-likeness (QED) is 0.400. The van der Waals surface area contributed by atoms with E-state index in [0.29, 0.717) is 9.79 Å². The van der Waals surface area contributed by atoms with Crippen LogP contribution in [0.2, 0.25) is 0 Å². The van der Waals surface area contributed by atoms with Gasteiger partial charge in [-0.1, -0.05) is 65.4 Å². The molecule has 0 amide bonds. The van der Waals surface area contributed by atoms with Crippen molar-refractivity contribution >= 4 is 29.1 Å². The molecule has 2 N–H and O–H groups in total. The average Bonchev–Trinajstić information content (AvgIpc) is 2.56. The van der Waals surface area contributed by atoms with Gasteiger partial charge in [-0.3, -0.25) is 0 Å². The summed E-state index contributed by atoms with van der Waals surface area (Å²) in [5.74, 6) is 0.492. The summed E-state index contributed by atoms with van der Waals surface area (Å²) in [6.07, 6.45) is 0. The minimum Gasteiger partial charge on any atom is -0.422 e. The van der Waals surface area contributed by atoms with Crippen LogP contribution in [0.1, 0.15) is 63.8 Å². The van der Waals surface area contributed by atoms with Gasteiger partial charge in [0, 0.05) is 11.1 Å². The van der Waals surface area contributed by atoms with E-state index in [4.69, 9.17) is 9.05 Å². The standard InChI is InChI=1S/C22H30F2O4P2S/c1-13-9-15(21(3,4)5)19(27-29(23)25)17(11-13)31-18-12-14(2)10-16(22(6,7)8)20(18)28-30(24)26/h9-12,25-26H,1-8H3. The largest absolute Gasteiger partial charge is 0.436 e. The Hall–Kier alpha value is -0.970. The van der Waals surface area contributed by atoms with Gasteiger partial charge in [-0.05, 0) is 47.9 Å². The monoisotopic (exact) mass is 490 g/mol. The summed E-state index contributed by atoms with van der Waals surface area (Å²) in [6, 6.07) is 7.46. The molecule has 2 aromatic carbocycles. The van der Waals surface area contributed by atoms with Crippen molar-refractivity contribution in [2.45, 2.75) is 76.0 Å². The number of hydrogen-bond donors (Lipinski definition) is 2. The highest BCUT2D eigenvalue weighted by atomic mass is 32.2. The Kier molecular flexibility index (Phi) is 8.38. The first-order valence-electron chi connectivity index (χ1n) is 9.73. The zero-order chi connectivity index (χ0) is 23.7. The van der Waals surface area contributed by atoms with Crippen molar-refractivity contribution in [3.63, 3.8) is 0 Å². The van der Waals surface area contributed by atoms with Crippen LogP contribution in [-0.2, 0) is 10.8 Å². The van der Waals surface area contributed by atoms with Crippen LogP contribution in [0.5, 0.6) is 11.5 Å². The van der Waals surface area contributed by atoms with E-state index >= 15 is 0 Å². The zero-order valence-corrected chi connectivity index (χ0v) is 21.7. The first kappa shape index (κ1) is 26.3. The summed E-state index contributed by atoms with van der Waals surface area (Å²) >= 11 is 1.23. The van der Waals surface area contributed by atoms with Crippen molar-refractivity contribution < 1.29 is 27.2 Å². The van der Waals surface area contributed by atoms with Crippen LogP contribution in [0.25, 0.3) is 0 Å². The van der Waals surface area contributed by atoms with E-state index in [-0.39, 0.29) is 22.3 Å². The number of aryl methyl sites for hydroxylation is 2. The minimum atomic E-state index is -3.13. The normalized spacial score (nSPS) is 14.3. The Balaban J connectivity index is 2.75. The summed E-state index contributed by atoms with van der Waals surface area (Å²) in [5.41, 5.74) is 2.61. The number of halogens is 2. The molecule has 31 heavy (non-hydrogen) atoms. The van der Waals surface area contributed by atoms with Crippen LogP contribution in [0.15, 0.2) is 34.1 Å². The molecule has 0 fully saturated rings. The Labute approximate surface area is 190 Å². The number of rotatable bonds is 6. The number of benzene rings is 2. The third-order valence-electron chi connectivity index (χ3n) is 4.57. The van der Waals surface area contributed by atoms with Crippen molar-refractivity contribution in [3.05, 3.63) is 46.5 Å². The van der Waals surface area contributed by atoms with E-state index in [1.54, 1.807) is 0 Å². The molecule has 0 saturated carbocycles. The van der Waals surface area contributed by atoms with Crippen molar-refractivity contribution in [2.24, 2.45) is 0 Å². The fourth-order valence-corrected chi connectivity index (χ4v) is 5.24. The van der Waals surface area contributed by atoms with Crippen LogP contribution >= 0.6 is 29.1 Å². The zero-order valence-electron chi connectivity index (χ0n) is 19.1. The van der Waals surface area contributed by atoms with Crippen LogP contribution in [0.4, 0.5) is 8.39 Å². The Bertz CT molecular complexity index is 863. The van der Waals surface area contributed by atoms with Gasteiger partial charge in [0.15, 0.2) is 0 Å². The fourth-order valence-electron chi connectivity index (χ4n) is 3.20. The Morgan fingerprint density at radius 1 is 0.710 bits per heavy atom. The van der Waals surface area contributed by atoms with Gasteiger partial charge in [0.25, 0.3) is 0 Å². The van der Waals surface area contributed by atoms with E-state index in [1.165, 1.54) is 11.8 Å². The predicted octanol–water partition coefficient (Wildman–Crippen LogP) is 8.18. The summed E-state index contributed by atoms with van der Waals surface area (Å²) in [6.45, 7) is 15.7.